The number of nitrogens with zero attached hydrogens (tertiary/aromatic N) is 2. The number of nitrogens with one attached hydrogen (secondary N) is 1. The van der Waals surface area contributed by atoms with Gasteiger partial charge in [-0.2, -0.15) is 5.10 Å². The van der Waals surface area contributed by atoms with E-state index < -0.39 is 30.6 Å². The number of carbonyl (C=O) groups is 3. The van der Waals surface area contributed by atoms with Gasteiger partial charge in [-0.05, 0) is 41.3 Å². The minimum absolute atomic E-state index is 0.247. The van der Waals surface area contributed by atoms with Crippen LogP contribution in [0.5, 0.6) is 0 Å². The fraction of sp³-hybridized carbons (Fsp3) is 0.182. The Kier molecular flexibility index (Phi) is 6.31. The normalized spacial score (nSPS) is 15.3. The molecule has 0 spiro atoms. The quantitative estimate of drug-likeness (QED) is 0.533. The molecule has 9 nitrogen and oxygen atoms in total. The van der Waals surface area contributed by atoms with Crippen molar-refractivity contribution in [2.24, 2.45) is 10.8 Å². The van der Waals surface area contributed by atoms with Gasteiger partial charge in [0.25, 0.3) is 5.91 Å². The van der Waals surface area contributed by atoms with Crippen LogP contribution in [0.4, 0.5) is 4.79 Å². The number of ether oxygens (including phenoxy) is 1. The molecule has 3 amide bonds. The van der Waals surface area contributed by atoms with Crippen molar-refractivity contribution >= 4 is 35.0 Å². The summed E-state index contributed by atoms with van der Waals surface area (Å²) in [6, 6.07) is 12.8. The zero-order valence-corrected chi connectivity index (χ0v) is 17.7. The molecule has 4 rings (SSSR count). The van der Waals surface area contributed by atoms with Crippen molar-refractivity contribution < 1.29 is 23.5 Å². The van der Waals surface area contributed by atoms with Crippen LogP contribution < -0.4 is 11.1 Å². The largest absolute Gasteiger partial charge is 0.467 e. The molecule has 164 valence electrons. The fourth-order valence-electron chi connectivity index (χ4n) is 3.26. The predicted octanol–water partition coefficient (Wildman–Crippen LogP) is 3.04. The van der Waals surface area contributed by atoms with Crippen molar-refractivity contribution in [3.8, 4) is 0 Å². The molecular weight excluding hydrogens is 432 g/mol. The number of thiophene rings is 1. The van der Waals surface area contributed by atoms with E-state index in [9.17, 15) is 14.4 Å². The summed E-state index contributed by atoms with van der Waals surface area (Å²) in [5, 5.41) is 10.2. The van der Waals surface area contributed by atoms with Crippen molar-refractivity contribution in [3.05, 3.63) is 81.9 Å². The van der Waals surface area contributed by atoms with E-state index in [1.54, 1.807) is 54.0 Å². The maximum atomic E-state index is 12.9. The highest BCUT2D eigenvalue weighted by Gasteiger charge is 2.35. The first kappa shape index (κ1) is 21.3. The molecule has 0 saturated heterocycles. The van der Waals surface area contributed by atoms with Gasteiger partial charge in [-0.25, -0.2) is 14.6 Å². The van der Waals surface area contributed by atoms with Gasteiger partial charge in [0.05, 0.1) is 22.4 Å². The molecule has 32 heavy (non-hydrogen) atoms. The van der Waals surface area contributed by atoms with Gasteiger partial charge >= 0.3 is 12.0 Å². The topological polar surface area (TPSA) is 127 Å². The highest BCUT2D eigenvalue weighted by Crippen LogP contribution is 2.34. The number of carbonyl (C=O) groups excluding carboxylic acids is 3. The van der Waals surface area contributed by atoms with Crippen LogP contribution in [0.15, 0.2) is 69.7 Å². The van der Waals surface area contributed by atoms with E-state index in [4.69, 9.17) is 14.9 Å². The lowest BCUT2D eigenvalue weighted by molar-refractivity contribution is -0.136. The number of hydrazone groups is 1. The van der Waals surface area contributed by atoms with Gasteiger partial charge in [0.15, 0.2) is 6.61 Å². The van der Waals surface area contributed by atoms with Crippen molar-refractivity contribution in [3.63, 3.8) is 0 Å². The third-order valence-electron chi connectivity index (χ3n) is 4.83. The van der Waals surface area contributed by atoms with E-state index in [0.717, 1.165) is 16.2 Å². The van der Waals surface area contributed by atoms with Crippen molar-refractivity contribution in [1.82, 2.24) is 10.3 Å². The highest BCUT2D eigenvalue weighted by atomic mass is 32.1. The van der Waals surface area contributed by atoms with Gasteiger partial charge in [-0.15, -0.1) is 11.3 Å². The number of nitrogens with two attached hydrogens (primary N) is 1. The summed E-state index contributed by atoms with van der Waals surface area (Å²) in [4.78, 5) is 37.0. The summed E-state index contributed by atoms with van der Waals surface area (Å²) in [5.74, 6) is -0.474. The second-order valence-corrected chi connectivity index (χ2v) is 7.94. The average Bonchev–Trinajstić information content (AvgIpc) is 3.56. The lowest BCUT2D eigenvalue weighted by atomic mass is 10.1. The summed E-state index contributed by atoms with van der Waals surface area (Å²) in [7, 11) is 0. The molecule has 1 atom stereocenters. The van der Waals surface area contributed by atoms with E-state index in [1.807, 2.05) is 17.5 Å². The number of esters is 1. The Morgan fingerprint density at radius 1 is 1.19 bits per heavy atom. The molecule has 3 N–H and O–H groups in total. The van der Waals surface area contributed by atoms with Gasteiger partial charge in [-0.3, -0.25) is 4.79 Å². The molecule has 1 unspecified atom stereocenters. The van der Waals surface area contributed by atoms with Crippen LogP contribution in [0.3, 0.4) is 0 Å². The lowest BCUT2D eigenvalue weighted by Crippen LogP contribution is -2.31. The van der Waals surface area contributed by atoms with Gasteiger partial charge < -0.3 is 20.2 Å². The minimum Gasteiger partial charge on any atom is -0.467 e. The number of amides is 3. The third kappa shape index (κ3) is 4.86. The Morgan fingerprint density at radius 3 is 2.66 bits per heavy atom. The zero-order chi connectivity index (χ0) is 22.5. The molecule has 1 aliphatic heterocycles. The number of furan rings is 1. The molecule has 0 bridgehead atoms. The molecule has 0 radical (unpaired) electrons. The van der Waals surface area contributed by atoms with Gasteiger partial charge in [0.1, 0.15) is 11.8 Å². The number of urea groups is 1. The Morgan fingerprint density at radius 2 is 2.00 bits per heavy atom. The monoisotopic (exact) mass is 452 g/mol. The van der Waals surface area contributed by atoms with E-state index in [2.05, 4.69) is 10.4 Å². The number of benzene rings is 1. The lowest BCUT2D eigenvalue weighted by Gasteiger charge is -2.19. The Labute approximate surface area is 187 Å². The van der Waals surface area contributed by atoms with Crippen LogP contribution >= 0.6 is 11.3 Å². The minimum atomic E-state index is -0.635. The third-order valence-corrected chi connectivity index (χ3v) is 5.75. The molecule has 0 fully saturated rings. The van der Waals surface area contributed by atoms with E-state index >= 15 is 0 Å². The van der Waals surface area contributed by atoms with Crippen molar-refractivity contribution in [2.75, 3.05) is 6.61 Å². The van der Waals surface area contributed by atoms with Gasteiger partial charge in [0, 0.05) is 13.0 Å². The molecule has 1 aliphatic rings. The van der Waals surface area contributed by atoms with Crippen LogP contribution in [-0.2, 0) is 16.1 Å². The van der Waals surface area contributed by atoms with Crippen LogP contribution in [0.25, 0.3) is 0 Å². The van der Waals surface area contributed by atoms with Crippen LogP contribution in [0.2, 0.25) is 0 Å². The molecular formula is C22H20N4O5S. The Bertz CT molecular complexity index is 1120. The van der Waals surface area contributed by atoms with Crippen molar-refractivity contribution in [2.45, 2.75) is 19.0 Å². The van der Waals surface area contributed by atoms with Crippen LogP contribution in [-0.4, -0.2) is 35.2 Å². The Hall–Kier alpha value is -3.92. The Balaban J connectivity index is 1.40. The van der Waals surface area contributed by atoms with E-state index in [-0.39, 0.29) is 12.1 Å². The molecule has 0 saturated carbocycles. The van der Waals surface area contributed by atoms with Gasteiger partial charge in [-0.1, -0.05) is 18.2 Å². The number of hydrogen-bond donors (Lipinski definition) is 2. The molecule has 0 aliphatic carbocycles. The summed E-state index contributed by atoms with van der Waals surface area (Å²) < 4.78 is 10.7. The molecule has 1 aromatic carbocycles. The first-order valence-corrected chi connectivity index (χ1v) is 10.7. The summed E-state index contributed by atoms with van der Waals surface area (Å²) in [5.41, 5.74) is 6.87. The number of rotatable bonds is 7. The highest BCUT2D eigenvalue weighted by molar-refractivity contribution is 7.12. The first-order chi connectivity index (χ1) is 15.5. The predicted molar refractivity (Wildman–Crippen MR) is 117 cm³/mol. The standard InChI is InChI=1S/C22H20N4O5S/c23-22(29)24-12-14-5-7-15(8-6-14)21(28)31-13-20(27)26-17(18-3-1-9-30-18)11-16(25-26)19-4-2-10-32-19/h1-10,17H,11-13H2,(H3,23,24,29). The molecule has 3 heterocycles. The molecule has 2 aromatic heterocycles. The zero-order valence-electron chi connectivity index (χ0n) is 16.9. The summed E-state index contributed by atoms with van der Waals surface area (Å²) in [6.07, 6.45) is 2.05. The van der Waals surface area contributed by atoms with Crippen LogP contribution in [0, 0.1) is 0 Å². The van der Waals surface area contributed by atoms with E-state index in [0.29, 0.717) is 12.2 Å². The van der Waals surface area contributed by atoms with E-state index in [1.165, 1.54) is 5.01 Å². The van der Waals surface area contributed by atoms with Gasteiger partial charge in [0.2, 0.25) is 0 Å². The molecule has 10 heteroatoms. The maximum absolute atomic E-state index is 12.9. The van der Waals surface area contributed by atoms with Crippen molar-refractivity contribution in [1.29, 1.82) is 0 Å². The maximum Gasteiger partial charge on any atom is 0.338 e. The fourth-order valence-corrected chi connectivity index (χ4v) is 3.98. The number of primary amides is 1. The molecule has 3 aromatic rings. The van der Waals surface area contributed by atoms with Crippen LogP contribution in [0.1, 0.15) is 39.0 Å². The summed E-state index contributed by atoms with van der Waals surface area (Å²) >= 11 is 1.54. The first-order valence-electron chi connectivity index (χ1n) is 9.77. The average molecular weight is 452 g/mol. The second kappa shape index (κ2) is 9.48. The SMILES string of the molecule is NC(=O)NCc1ccc(C(=O)OCC(=O)N2N=C(c3cccs3)CC2c2ccco2)cc1. The summed E-state index contributed by atoms with van der Waals surface area (Å²) in [6.45, 7) is -0.209. The number of hydrogen-bond acceptors (Lipinski definition) is 7. The smallest absolute Gasteiger partial charge is 0.338 e. The second-order valence-electron chi connectivity index (χ2n) is 6.99.